The van der Waals surface area contributed by atoms with Crippen LogP contribution in [0.5, 0.6) is 5.75 Å². The van der Waals surface area contributed by atoms with Crippen molar-refractivity contribution in [3.63, 3.8) is 0 Å². The number of ether oxygens (including phenoxy) is 2. The van der Waals surface area contributed by atoms with E-state index in [4.69, 9.17) is 9.47 Å². The summed E-state index contributed by atoms with van der Waals surface area (Å²) in [7, 11) is 1.51. The summed E-state index contributed by atoms with van der Waals surface area (Å²) < 4.78 is 9.93. The second-order valence-electron chi connectivity index (χ2n) is 5.28. The van der Waals surface area contributed by atoms with Crippen LogP contribution in [0.1, 0.15) is 56.3 Å². The zero-order valence-corrected chi connectivity index (χ0v) is 14.3. The van der Waals surface area contributed by atoms with Crippen molar-refractivity contribution in [2.24, 2.45) is 0 Å². The molecule has 0 aliphatic carbocycles. The van der Waals surface area contributed by atoms with Gasteiger partial charge in [-0.25, -0.2) is 14.5 Å². The van der Waals surface area contributed by atoms with Crippen LogP contribution in [-0.4, -0.2) is 25.3 Å². The van der Waals surface area contributed by atoms with E-state index in [1.54, 1.807) is 19.1 Å². The van der Waals surface area contributed by atoms with Gasteiger partial charge in [-0.3, -0.25) is 4.89 Å². The maximum absolute atomic E-state index is 11.6. The van der Waals surface area contributed by atoms with Crippen molar-refractivity contribution in [1.82, 2.24) is 0 Å². The van der Waals surface area contributed by atoms with Crippen molar-refractivity contribution >= 4 is 12.1 Å². The lowest BCUT2D eigenvalue weighted by Gasteiger charge is -2.11. The highest BCUT2D eigenvalue weighted by molar-refractivity contribution is 5.89. The highest BCUT2D eigenvalue weighted by Crippen LogP contribution is 2.12. The minimum atomic E-state index is -1.06. The molecule has 0 aromatic heterocycles. The van der Waals surface area contributed by atoms with E-state index >= 15 is 0 Å². The van der Waals surface area contributed by atoms with Gasteiger partial charge in [0.25, 0.3) is 0 Å². The summed E-state index contributed by atoms with van der Waals surface area (Å²) >= 11 is 0. The number of benzene rings is 1. The molecule has 0 saturated carbocycles. The summed E-state index contributed by atoms with van der Waals surface area (Å²) in [6.07, 6.45) is 3.74. The normalized spacial score (nSPS) is 11.5. The Morgan fingerprint density at radius 2 is 1.75 bits per heavy atom. The molecule has 1 unspecified atom stereocenters. The molecule has 0 amide bonds. The Labute approximate surface area is 141 Å². The van der Waals surface area contributed by atoms with Crippen molar-refractivity contribution in [2.75, 3.05) is 7.11 Å². The third-order valence-electron chi connectivity index (χ3n) is 3.30. The van der Waals surface area contributed by atoms with Gasteiger partial charge in [-0.05, 0) is 44.0 Å². The predicted octanol–water partition coefficient (Wildman–Crippen LogP) is 4.21. The van der Waals surface area contributed by atoms with Crippen LogP contribution in [-0.2, 0) is 19.6 Å². The Morgan fingerprint density at radius 1 is 1.04 bits per heavy atom. The quantitative estimate of drug-likeness (QED) is 0.273. The summed E-state index contributed by atoms with van der Waals surface area (Å²) in [5.74, 6) is -0.210. The molecule has 1 atom stereocenters. The molecule has 7 heteroatoms. The van der Waals surface area contributed by atoms with Crippen molar-refractivity contribution in [1.29, 1.82) is 0 Å². The minimum Gasteiger partial charge on any atom is -0.497 e. The lowest BCUT2D eigenvalue weighted by molar-refractivity contribution is -0.452. The molecule has 0 aliphatic rings. The van der Waals surface area contributed by atoms with Gasteiger partial charge in [-0.15, -0.1) is 0 Å². The molecule has 134 valence electrons. The average molecular weight is 340 g/mol. The summed E-state index contributed by atoms with van der Waals surface area (Å²) in [6, 6.07) is 6.15. The van der Waals surface area contributed by atoms with Crippen LogP contribution in [0.25, 0.3) is 0 Å². The number of methoxy groups -OCH3 is 1. The molecular formula is C17H24O7. The molecular weight excluding hydrogens is 316 g/mol. The van der Waals surface area contributed by atoms with E-state index in [0.29, 0.717) is 5.75 Å². The monoisotopic (exact) mass is 340 g/mol. The van der Waals surface area contributed by atoms with Crippen LogP contribution in [0.15, 0.2) is 24.3 Å². The molecule has 1 rings (SSSR count). The van der Waals surface area contributed by atoms with E-state index in [9.17, 15) is 9.59 Å². The van der Waals surface area contributed by atoms with Crippen LogP contribution in [0.4, 0.5) is 4.79 Å². The molecule has 0 radical (unpaired) electrons. The van der Waals surface area contributed by atoms with Crippen LogP contribution in [0.2, 0.25) is 0 Å². The van der Waals surface area contributed by atoms with Gasteiger partial charge in [0.05, 0.1) is 17.7 Å². The fourth-order valence-electron chi connectivity index (χ4n) is 1.95. The second-order valence-corrected chi connectivity index (χ2v) is 5.28. The molecule has 0 N–H and O–H groups in total. The molecule has 0 fully saturated rings. The molecule has 0 heterocycles. The number of unbranched alkanes of at least 4 members (excludes halogenated alkanes) is 3. The molecule has 1 aromatic carbocycles. The Bertz CT molecular complexity index is 498. The first kappa shape index (κ1) is 19.8. The van der Waals surface area contributed by atoms with E-state index in [1.807, 2.05) is 0 Å². The lowest BCUT2D eigenvalue weighted by atomic mass is 10.1. The number of hydrogen-bond donors (Lipinski definition) is 0. The molecule has 0 bridgehead atoms. The van der Waals surface area contributed by atoms with Gasteiger partial charge in [-0.2, -0.15) is 0 Å². The standard InChI is InChI=1S/C17H24O7/c1-4-5-6-7-8-13(2)21-17(19)23-24-22-16(18)14-9-11-15(20-3)12-10-14/h9-13H,4-8H2,1-3H3. The van der Waals surface area contributed by atoms with Gasteiger partial charge < -0.3 is 9.47 Å². The average Bonchev–Trinajstić information content (AvgIpc) is 2.58. The molecule has 24 heavy (non-hydrogen) atoms. The van der Waals surface area contributed by atoms with E-state index < -0.39 is 12.1 Å². The minimum absolute atomic E-state index is 0.219. The van der Waals surface area contributed by atoms with E-state index in [2.05, 4.69) is 21.7 Å². The Hall–Kier alpha value is -2.28. The van der Waals surface area contributed by atoms with Crippen molar-refractivity contribution in [2.45, 2.75) is 52.1 Å². The van der Waals surface area contributed by atoms with Crippen molar-refractivity contribution in [3.05, 3.63) is 29.8 Å². The SMILES string of the molecule is CCCCCCC(C)OC(=O)OOOC(=O)c1ccc(OC)cc1. The van der Waals surface area contributed by atoms with Gasteiger partial charge in [0.15, 0.2) is 0 Å². The van der Waals surface area contributed by atoms with Crippen molar-refractivity contribution < 1.29 is 33.9 Å². The third kappa shape index (κ3) is 7.82. The zero-order valence-electron chi connectivity index (χ0n) is 14.3. The Morgan fingerprint density at radius 3 is 2.38 bits per heavy atom. The Balaban J connectivity index is 2.20. The number of hydrogen-bond acceptors (Lipinski definition) is 7. The third-order valence-corrected chi connectivity index (χ3v) is 3.30. The first-order valence-electron chi connectivity index (χ1n) is 7.97. The smallest absolute Gasteiger partial charge is 0.497 e. The maximum atomic E-state index is 11.6. The molecule has 1 aromatic rings. The van der Waals surface area contributed by atoms with Crippen molar-refractivity contribution in [3.8, 4) is 5.75 Å². The molecule has 0 spiro atoms. The summed E-state index contributed by atoms with van der Waals surface area (Å²) in [4.78, 5) is 31.6. The Kier molecular flexibility index (Phi) is 9.29. The lowest BCUT2D eigenvalue weighted by Crippen LogP contribution is -2.17. The largest absolute Gasteiger partial charge is 0.543 e. The first-order valence-corrected chi connectivity index (χ1v) is 7.97. The predicted molar refractivity (Wildman–Crippen MR) is 85.3 cm³/mol. The van der Waals surface area contributed by atoms with Gasteiger partial charge in [0.1, 0.15) is 11.9 Å². The fourth-order valence-corrected chi connectivity index (χ4v) is 1.95. The van der Waals surface area contributed by atoms with Gasteiger partial charge in [0.2, 0.25) is 0 Å². The van der Waals surface area contributed by atoms with Gasteiger partial charge >= 0.3 is 12.1 Å². The molecule has 0 aliphatic heterocycles. The van der Waals surface area contributed by atoms with E-state index in [1.165, 1.54) is 19.2 Å². The van der Waals surface area contributed by atoms with Gasteiger partial charge in [0, 0.05) is 0 Å². The second kappa shape index (κ2) is 11.3. The molecule has 7 nitrogen and oxygen atoms in total. The van der Waals surface area contributed by atoms with Gasteiger partial charge in [-0.1, -0.05) is 26.2 Å². The number of carbonyl (C=O) groups is 2. The van der Waals surface area contributed by atoms with E-state index in [0.717, 1.165) is 32.1 Å². The number of rotatable bonds is 10. The van der Waals surface area contributed by atoms with Crippen LogP contribution < -0.4 is 4.74 Å². The molecule has 0 saturated heterocycles. The number of carbonyl (C=O) groups excluding carboxylic acids is 2. The van der Waals surface area contributed by atoms with Crippen LogP contribution in [0.3, 0.4) is 0 Å². The summed E-state index contributed by atoms with van der Waals surface area (Å²) in [5.41, 5.74) is 0.219. The zero-order chi connectivity index (χ0) is 17.8. The topological polar surface area (TPSA) is 80.3 Å². The highest BCUT2D eigenvalue weighted by atomic mass is 17.5. The fraction of sp³-hybridized carbons (Fsp3) is 0.529. The van der Waals surface area contributed by atoms with E-state index in [-0.39, 0.29) is 11.7 Å². The van der Waals surface area contributed by atoms with Crippen LogP contribution >= 0.6 is 0 Å². The summed E-state index contributed by atoms with van der Waals surface area (Å²) in [5, 5.41) is 4.16. The summed E-state index contributed by atoms with van der Waals surface area (Å²) in [6.45, 7) is 3.89. The van der Waals surface area contributed by atoms with Crippen LogP contribution in [0, 0.1) is 0 Å². The first-order chi connectivity index (χ1) is 11.6. The maximum Gasteiger partial charge on any atom is 0.543 e. The highest BCUT2D eigenvalue weighted by Gasteiger charge is 2.14.